The summed E-state index contributed by atoms with van der Waals surface area (Å²) < 4.78 is 27.0. The van der Waals surface area contributed by atoms with Gasteiger partial charge in [0.2, 0.25) is 15.9 Å². The molecule has 1 amide bonds. The summed E-state index contributed by atoms with van der Waals surface area (Å²) in [5, 5.41) is 6.09. The molecule has 6 nitrogen and oxygen atoms in total. The number of carbonyl (C=O) groups is 1. The highest BCUT2D eigenvalue weighted by Crippen LogP contribution is 2.25. The van der Waals surface area contributed by atoms with E-state index >= 15 is 0 Å². The molecule has 31 heavy (non-hydrogen) atoms. The number of carbonyl (C=O) groups excluding carboxylic acids is 1. The second-order valence-electron chi connectivity index (χ2n) is 8.52. The summed E-state index contributed by atoms with van der Waals surface area (Å²) in [6.07, 6.45) is 6.55. The van der Waals surface area contributed by atoms with Crippen LogP contribution in [0, 0.1) is 0 Å². The van der Waals surface area contributed by atoms with Crippen molar-refractivity contribution in [2.75, 3.05) is 25.0 Å². The zero-order chi connectivity index (χ0) is 21.8. The van der Waals surface area contributed by atoms with E-state index in [1.54, 1.807) is 24.3 Å². The van der Waals surface area contributed by atoms with Gasteiger partial charge in [0.05, 0.1) is 17.5 Å². The Labute approximate surface area is 185 Å². The van der Waals surface area contributed by atoms with Crippen LogP contribution in [-0.2, 0) is 27.7 Å². The summed E-state index contributed by atoms with van der Waals surface area (Å²) >= 11 is 0. The molecule has 2 aromatic carbocycles. The minimum Gasteiger partial charge on any atom is -0.376 e. The van der Waals surface area contributed by atoms with Gasteiger partial charge in [-0.3, -0.25) is 4.79 Å². The van der Waals surface area contributed by atoms with Gasteiger partial charge in [0, 0.05) is 18.8 Å². The summed E-state index contributed by atoms with van der Waals surface area (Å²) in [6.45, 7) is 3.22. The quantitative estimate of drug-likeness (QED) is 0.688. The Bertz CT molecular complexity index is 1050. The van der Waals surface area contributed by atoms with Crippen LogP contribution in [0.1, 0.15) is 55.3 Å². The van der Waals surface area contributed by atoms with Crippen LogP contribution in [0.4, 0.5) is 5.69 Å². The van der Waals surface area contributed by atoms with Crippen LogP contribution in [0.3, 0.4) is 0 Å². The summed E-state index contributed by atoms with van der Waals surface area (Å²) in [5.74, 6) is -0.127. The van der Waals surface area contributed by atoms with Gasteiger partial charge in [-0.25, -0.2) is 8.42 Å². The smallest absolute Gasteiger partial charge is 0.243 e. The molecule has 1 fully saturated rings. The normalized spacial score (nSPS) is 17.7. The first-order chi connectivity index (χ1) is 14.9. The number of nitrogens with one attached hydrogen (secondary N) is 2. The number of anilines is 1. The highest BCUT2D eigenvalue weighted by molar-refractivity contribution is 7.89. The Morgan fingerprint density at radius 3 is 2.52 bits per heavy atom. The summed E-state index contributed by atoms with van der Waals surface area (Å²) in [4.78, 5) is 12.7. The fourth-order valence-electron chi connectivity index (χ4n) is 4.42. The monoisotopic (exact) mass is 441 g/mol. The molecule has 0 aromatic heterocycles. The second kappa shape index (κ2) is 9.40. The highest BCUT2D eigenvalue weighted by atomic mass is 32.2. The molecule has 1 aliphatic heterocycles. The van der Waals surface area contributed by atoms with Gasteiger partial charge >= 0.3 is 0 Å². The van der Waals surface area contributed by atoms with Crippen LogP contribution in [0.25, 0.3) is 0 Å². The number of nitrogens with zero attached hydrogens (tertiary/aromatic N) is 1. The van der Waals surface area contributed by atoms with Crippen molar-refractivity contribution in [3.63, 3.8) is 0 Å². The van der Waals surface area contributed by atoms with Gasteiger partial charge in [-0.2, -0.15) is 4.31 Å². The van der Waals surface area contributed by atoms with Gasteiger partial charge in [0.15, 0.2) is 0 Å². The molecule has 0 bridgehead atoms. The number of hydrogen-bond acceptors (Lipinski definition) is 4. The molecule has 4 rings (SSSR count). The van der Waals surface area contributed by atoms with E-state index in [1.165, 1.54) is 28.3 Å². The first-order valence-corrected chi connectivity index (χ1v) is 12.6. The van der Waals surface area contributed by atoms with Crippen molar-refractivity contribution in [1.82, 2.24) is 9.62 Å². The molecule has 1 heterocycles. The van der Waals surface area contributed by atoms with Crippen LogP contribution in [0.2, 0.25) is 0 Å². The predicted molar refractivity (Wildman–Crippen MR) is 123 cm³/mol. The zero-order valence-electron chi connectivity index (χ0n) is 18.1. The lowest BCUT2D eigenvalue weighted by molar-refractivity contribution is -0.120. The molecular formula is C24H31N3O3S. The van der Waals surface area contributed by atoms with Gasteiger partial charge in [0.25, 0.3) is 0 Å². The number of aryl methyl sites for hydroxylation is 2. The summed E-state index contributed by atoms with van der Waals surface area (Å²) in [6, 6.07) is 13.1. The van der Waals surface area contributed by atoms with Crippen molar-refractivity contribution in [3.05, 3.63) is 59.2 Å². The molecule has 7 heteroatoms. The van der Waals surface area contributed by atoms with Crippen molar-refractivity contribution < 1.29 is 13.2 Å². The van der Waals surface area contributed by atoms with Crippen LogP contribution in [0.15, 0.2) is 47.4 Å². The summed E-state index contributed by atoms with van der Waals surface area (Å²) in [5.41, 5.74) is 4.57. The number of amides is 1. The average molecular weight is 442 g/mol. The molecule has 166 valence electrons. The zero-order valence-corrected chi connectivity index (χ0v) is 18.9. The maximum atomic E-state index is 12.7. The first kappa shape index (κ1) is 21.8. The van der Waals surface area contributed by atoms with E-state index < -0.39 is 10.0 Å². The fraction of sp³-hybridized carbons (Fsp3) is 0.458. The Kier molecular flexibility index (Phi) is 6.62. The molecular weight excluding hydrogens is 410 g/mol. The van der Waals surface area contributed by atoms with E-state index in [4.69, 9.17) is 0 Å². The standard InChI is InChI=1S/C24H31N3O3S/c1-18(20-12-11-19-7-2-3-8-21(19)15-20)26-24(28)17-25-22-9-6-10-23(16-22)31(29,30)27-13-4-5-14-27/h6,9-12,15-16,18,25H,2-5,7-8,13-14,17H2,1H3,(H,26,28). The molecule has 0 spiro atoms. The minimum atomic E-state index is -3.47. The Morgan fingerprint density at radius 2 is 1.74 bits per heavy atom. The van der Waals surface area contributed by atoms with Gasteiger partial charge in [-0.1, -0.05) is 24.3 Å². The molecule has 1 saturated heterocycles. The SMILES string of the molecule is CC(NC(=O)CNc1cccc(S(=O)(=O)N2CCCC2)c1)c1ccc2c(c1)CCCC2. The fourth-order valence-corrected chi connectivity index (χ4v) is 5.99. The largest absolute Gasteiger partial charge is 0.376 e. The van der Waals surface area contributed by atoms with Crippen molar-refractivity contribution in [1.29, 1.82) is 0 Å². The molecule has 0 saturated carbocycles. The predicted octanol–water partition coefficient (Wildman–Crippen LogP) is 3.64. The lowest BCUT2D eigenvalue weighted by Gasteiger charge is -2.20. The molecule has 2 aliphatic rings. The lowest BCUT2D eigenvalue weighted by Crippen LogP contribution is -2.32. The van der Waals surface area contributed by atoms with Gasteiger partial charge in [0.1, 0.15) is 0 Å². The Balaban J connectivity index is 1.34. The van der Waals surface area contributed by atoms with E-state index in [-0.39, 0.29) is 23.4 Å². The number of sulfonamides is 1. The topological polar surface area (TPSA) is 78.5 Å². The van der Waals surface area contributed by atoms with Gasteiger partial charge < -0.3 is 10.6 Å². The van der Waals surface area contributed by atoms with E-state index in [9.17, 15) is 13.2 Å². The van der Waals surface area contributed by atoms with Crippen LogP contribution in [-0.4, -0.2) is 38.3 Å². The number of hydrogen-bond donors (Lipinski definition) is 2. The van der Waals surface area contributed by atoms with Gasteiger partial charge in [-0.15, -0.1) is 0 Å². The second-order valence-corrected chi connectivity index (χ2v) is 10.5. The summed E-state index contributed by atoms with van der Waals surface area (Å²) in [7, 11) is -3.47. The average Bonchev–Trinajstić information content (AvgIpc) is 3.33. The van der Waals surface area contributed by atoms with Crippen LogP contribution < -0.4 is 10.6 Å². The molecule has 0 radical (unpaired) electrons. The Hall–Kier alpha value is -2.38. The molecule has 1 unspecified atom stereocenters. The lowest BCUT2D eigenvalue weighted by atomic mass is 9.89. The van der Waals surface area contributed by atoms with Gasteiger partial charge in [-0.05, 0) is 80.3 Å². The number of rotatable bonds is 7. The number of benzene rings is 2. The van der Waals surface area contributed by atoms with E-state index in [1.807, 2.05) is 6.92 Å². The van der Waals surface area contributed by atoms with E-state index in [0.717, 1.165) is 31.2 Å². The first-order valence-electron chi connectivity index (χ1n) is 11.2. The molecule has 1 atom stereocenters. The molecule has 2 N–H and O–H groups in total. The molecule has 1 aliphatic carbocycles. The third-order valence-electron chi connectivity index (χ3n) is 6.24. The Morgan fingerprint density at radius 1 is 1.00 bits per heavy atom. The van der Waals surface area contributed by atoms with Crippen molar-refractivity contribution in [2.45, 2.75) is 56.4 Å². The minimum absolute atomic E-state index is 0.0802. The maximum absolute atomic E-state index is 12.7. The van der Waals surface area contributed by atoms with E-state index in [0.29, 0.717) is 18.8 Å². The highest BCUT2D eigenvalue weighted by Gasteiger charge is 2.27. The third kappa shape index (κ3) is 5.10. The van der Waals surface area contributed by atoms with Crippen molar-refractivity contribution in [3.8, 4) is 0 Å². The number of fused-ring (bicyclic) bond motifs is 1. The van der Waals surface area contributed by atoms with Crippen LogP contribution >= 0.6 is 0 Å². The molecule has 2 aromatic rings. The van der Waals surface area contributed by atoms with Crippen molar-refractivity contribution in [2.24, 2.45) is 0 Å². The maximum Gasteiger partial charge on any atom is 0.243 e. The third-order valence-corrected chi connectivity index (χ3v) is 8.13. The van der Waals surface area contributed by atoms with Crippen molar-refractivity contribution >= 4 is 21.6 Å². The van der Waals surface area contributed by atoms with Crippen LogP contribution in [0.5, 0.6) is 0 Å². The van der Waals surface area contributed by atoms with E-state index in [2.05, 4.69) is 28.8 Å².